The van der Waals surface area contributed by atoms with Crippen LogP contribution in [0.15, 0.2) is 54.6 Å². The van der Waals surface area contributed by atoms with Crippen LogP contribution in [-0.2, 0) is 6.42 Å². The number of carbonyl (C=O) groups excluding carboxylic acids is 1. The van der Waals surface area contributed by atoms with Gasteiger partial charge in [0.15, 0.2) is 0 Å². The van der Waals surface area contributed by atoms with Crippen molar-refractivity contribution in [2.75, 3.05) is 6.61 Å². The number of aryl methyl sites for hydroxylation is 1. The van der Waals surface area contributed by atoms with Crippen LogP contribution < -0.4 is 9.47 Å². The third kappa shape index (κ3) is 3.43. The Bertz CT molecular complexity index is 901. The first-order chi connectivity index (χ1) is 12.1. The van der Waals surface area contributed by atoms with Gasteiger partial charge in [-0.3, -0.25) is 0 Å². The molecule has 3 aromatic rings. The number of benzene rings is 3. The van der Waals surface area contributed by atoms with Crippen molar-refractivity contribution in [1.29, 1.82) is 0 Å². The maximum absolute atomic E-state index is 12.6. The monoisotopic (exact) mass is 336 g/mol. The van der Waals surface area contributed by atoms with Gasteiger partial charge in [-0.1, -0.05) is 43.3 Å². The average Bonchev–Trinajstić information content (AvgIpc) is 2.62. The molecule has 128 valence electrons. The summed E-state index contributed by atoms with van der Waals surface area (Å²) in [5, 5.41) is 12.1. The highest BCUT2D eigenvalue weighted by Crippen LogP contribution is 2.37. The molecule has 0 spiro atoms. The zero-order chi connectivity index (χ0) is 17.8. The van der Waals surface area contributed by atoms with Gasteiger partial charge in [-0.25, -0.2) is 4.79 Å². The number of phenolic OH excluding ortho intramolecular Hbond substituents is 1. The SMILES string of the molecule is CCOc1cc2cc(CC)ccc2c(O)c1C(=O)Oc1ccccc1. The molecule has 4 heteroatoms. The minimum Gasteiger partial charge on any atom is -0.506 e. The number of rotatable bonds is 5. The highest BCUT2D eigenvalue weighted by Gasteiger charge is 2.23. The van der Waals surface area contributed by atoms with Gasteiger partial charge in [0.25, 0.3) is 0 Å². The van der Waals surface area contributed by atoms with Crippen molar-refractivity contribution in [2.24, 2.45) is 0 Å². The predicted octanol–water partition coefficient (Wildman–Crippen LogP) is 4.73. The van der Waals surface area contributed by atoms with Crippen LogP contribution >= 0.6 is 0 Å². The molecular weight excluding hydrogens is 316 g/mol. The Morgan fingerprint density at radius 1 is 1.04 bits per heavy atom. The van der Waals surface area contributed by atoms with E-state index < -0.39 is 5.97 Å². The number of phenols is 1. The fraction of sp³-hybridized carbons (Fsp3) is 0.190. The fourth-order valence-electron chi connectivity index (χ4n) is 2.75. The van der Waals surface area contributed by atoms with E-state index in [0.29, 0.717) is 23.5 Å². The molecule has 0 unspecified atom stereocenters. The molecule has 25 heavy (non-hydrogen) atoms. The molecular formula is C21H20O4. The smallest absolute Gasteiger partial charge is 0.351 e. The molecule has 4 nitrogen and oxygen atoms in total. The normalized spacial score (nSPS) is 10.6. The van der Waals surface area contributed by atoms with Gasteiger partial charge < -0.3 is 14.6 Å². The van der Waals surface area contributed by atoms with Crippen molar-refractivity contribution < 1.29 is 19.4 Å². The molecule has 1 N–H and O–H groups in total. The summed E-state index contributed by atoms with van der Waals surface area (Å²) >= 11 is 0. The lowest BCUT2D eigenvalue weighted by Crippen LogP contribution is -2.11. The van der Waals surface area contributed by atoms with E-state index in [4.69, 9.17) is 9.47 Å². The van der Waals surface area contributed by atoms with E-state index in [1.54, 1.807) is 30.3 Å². The van der Waals surface area contributed by atoms with E-state index in [2.05, 4.69) is 6.92 Å². The molecule has 0 aliphatic heterocycles. The number of hydrogen-bond donors (Lipinski definition) is 1. The van der Waals surface area contributed by atoms with Gasteiger partial charge in [0.05, 0.1) is 6.61 Å². The zero-order valence-corrected chi connectivity index (χ0v) is 14.3. The largest absolute Gasteiger partial charge is 0.506 e. The Labute approximate surface area is 146 Å². The number of ether oxygens (including phenoxy) is 2. The summed E-state index contributed by atoms with van der Waals surface area (Å²) in [7, 11) is 0. The van der Waals surface area contributed by atoms with Crippen molar-refractivity contribution in [3.05, 3.63) is 65.7 Å². The van der Waals surface area contributed by atoms with Crippen LogP contribution in [0.4, 0.5) is 0 Å². The van der Waals surface area contributed by atoms with E-state index in [0.717, 1.165) is 17.4 Å². The lowest BCUT2D eigenvalue weighted by atomic mass is 10.0. The minimum absolute atomic E-state index is 0.0439. The number of esters is 1. The Hall–Kier alpha value is -3.01. The number of hydrogen-bond acceptors (Lipinski definition) is 4. The first kappa shape index (κ1) is 16.8. The van der Waals surface area contributed by atoms with Gasteiger partial charge in [-0.05, 0) is 42.5 Å². The van der Waals surface area contributed by atoms with Gasteiger partial charge in [0.2, 0.25) is 0 Å². The standard InChI is InChI=1S/C21H20O4/c1-3-14-10-11-17-15(12-14)13-18(24-4-2)19(20(17)22)21(23)25-16-8-6-5-7-9-16/h5-13,22H,3-4H2,1-2H3. The summed E-state index contributed by atoms with van der Waals surface area (Å²) < 4.78 is 11.0. The third-order valence-corrected chi connectivity index (χ3v) is 4.01. The van der Waals surface area contributed by atoms with E-state index >= 15 is 0 Å². The van der Waals surface area contributed by atoms with E-state index in [1.807, 2.05) is 31.2 Å². The molecule has 3 aromatic carbocycles. The molecule has 0 atom stereocenters. The average molecular weight is 336 g/mol. The maximum atomic E-state index is 12.6. The molecule has 0 radical (unpaired) electrons. The quantitative estimate of drug-likeness (QED) is 0.541. The van der Waals surface area contributed by atoms with Gasteiger partial charge in [0, 0.05) is 5.39 Å². The number of fused-ring (bicyclic) bond motifs is 1. The van der Waals surface area contributed by atoms with Crippen LogP contribution in [0.3, 0.4) is 0 Å². The predicted molar refractivity (Wildman–Crippen MR) is 97.6 cm³/mol. The second-order valence-electron chi connectivity index (χ2n) is 5.64. The van der Waals surface area contributed by atoms with Crippen LogP contribution in [0.1, 0.15) is 29.8 Å². The number of aromatic hydroxyl groups is 1. The topological polar surface area (TPSA) is 55.8 Å². The van der Waals surface area contributed by atoms with Gasteiger partial charge in [0.1, 0.15) is 22.8 Å². The summed E-state index contributed by atoms with van der Waals surface area (Å²) in [5.41, 5.74) is 1.19. The van der Waals surface area contributed by atoms with Crippen LogP contribution in [0.5, 0.6) is 17.2 Å². The van der Waals surface area contributed by atoms with Gasteiger partial charge >= 0.3 is 5.97 Å². The Kier molecular flexibility index (Phi) is 4.89. The zero-order valence-electron chi connectivity index (χ0n) is 14.3. The molecule has 0 fully saturated rings. The minimum atomic E-state index is -0.645. The van der Waals surface area contributed by atoms with Crippen LogP contribution in [-0.4, -0.2) is 17.7 Å². The molecule has 0 aromatic heterocycles. The van der Waals surface area contributed by atoms with Crippen molar-refractivity contribution in [2.45, 2.75) is 20.3 Å². The van der Waals surface area contributed by atoms with Crippen LogP contribution in [0, 0.1) is 0 Å². The molecule has 3 rings (SSSR count). The fourth-order valence-corrected chi connectivity index (χ4v) is 2.75. The van der Waals surface area contributed by atoms with Gasteiger partial charge in [-0.15, -0.1) is 0 Å². The molecule has 0 aliphatic carbocycles. The summed E-state index contributed by atoms with van der Waals surface area (Å²) in [4.78, 5) is 12.6. The highest BCUT2D eigenvalue weighted by molar-refractivity contribution is 6.05. The Morgan fingerprint density at radius 3 is 2.48 bits per heavy atom. The van der Waals surface area contributed by atoms with Crippen molar-refractivity contribution in [3.8, 4) is 17.2 Å². The second kappa shape index (κ2) is 7.26. The van der Waals surface area contributed by atoms with Crippen LogP contribution in [0.2, 0.25) is 0 Å². The second-order valence-corrected chi connectivity index (χ2v) is 5.64. The Balaban J connectivity index is 2.10. The first-order valence-corrected chi connectivity index (χ1v) is 8.32. The van der Waals surface area contributed by atoms with Crippen LogP contribution in [0.25, 0.3) is 10.8 Å². The van der Waals surface area contributed by atoms with Crippen molar-refractivity contribution in [3.63, 3.8) is 0 Å². The van der Waals surface area contributed by atoms with E-state index in [9.17, 15) is 9.90 Å². The van der Waals surface area contributed by atoms with Gasteiger partial charge in [-0.2, -0.15) is 0 Å². The summed E-state index contributed by atoms with van der Waals surface area (Å²) in [5.74, 6) is -0.0318. The first-order valence-electron chi connectivity index (χ1n) is 8.32. The molecule has 0 saturated carbocycles. The van der Waals surface area contributed by atoms with E-state index in [1.165, 1.54) is 0 Å². The third-order valence-electron chi connectivity index (χ3n) is 4.01. The maximum Gasteiger partial charge on any atom is 0.351 e. The molecule has 0 heterocycles. The summed E-state index contributed by atoms with van der Waals surface area (Å²) in [6.07, 6.45) is 0.887. The molecule has 0 bridgehead atoms. The molecule has 0 aliphatic rings. The van der Waals surface area contributed by atoms with Crippen molar-refractivity contribution >= 4 is 16.7 Å². The number of carbonyl (C=O) groups is 1. The highest BCUT2D eigenvalue weighted by atomic mass is 16.5. The summed E-state index contributed by atoms with van der Waals surface area (Å²) in [6, 6.07) is 16.3. The van der Waals surface area contributed by atoms with Crippen molar-refractivity contribution in [1.82, 2.24) is 0 Å². The molecule has 0 saturated heterocycles. The lowest BCUT2D eigenvalue weighted by Gasteiger charge is -2.14. The van der Waals surface area contributed by atoms with E-state index in [-0.39, 0.29) is 11.3 Å². The molecule has 0 amide bonds. The lowest BCUT2D eigenvalue weighted by molar-refractivity contribution is 0.0727. The number of para-hydroxylation sites is 1. The summed E-state index contributed by atoms with van der Waals surface area (Å²) in [6.45, 7) is 4.27. The Morgan fingerprint density at radius 2 is 1.80 bits per heavy atom.